The van der Waals surface area contributed by atoms with Crippen LogP contribution in [-0.4, -0.2) is 29.9 Å². The summed E-state index contributed by atoms with van der Waals surface area (Å²) < 4.78 is 0. The second kappa shape index (κ2) is 8.25. The minimum Gasteiger partial charge on any atom is -0.396 e. The van der Waals surface area contributed by atoms with Gasteiger partial charge in [0.15, 0.2) is 5.78 Å². The molecule has 1 amide bonds. The fraction of sp³-hybridized carbons (Fsp3) is 0.263. The van der Waals surface area contributed by atoms with E-state index in [0.29, 0.717) is 24.1 Å². The van der Waals surface area contributed by atoms with E-state index in [1.54, 1.807) is 25.1 Å². The molecule has 4 nitrogen and oxygen atoms in total. The molecule has 0 fully saturated rings. The number of carbonyl (C=O) groups excluding carboxylic acids is 2. The van der Waals surface area contributed by atoms with Gasteiger partial charge in [0.1, 0.15) is 0 Å². The van der Waals surface area contributed by atoms with Crippen molar-refractivity contribution in [1.82, 2.24) is 5.32 Å². The number of hydrogen-bond acceptors (Lipinski definition) is 3. The molecule has 0 aromatic heterocycles. The molecule has 0 radical (unpaired) electrons. The van der Waals surface area contributed by atoms with Crippen molar-refractivity contribution >= 4 is 11.7 Å². The summed E-state index contributed by atoms with van der Waals surface area (Å²) in [6, 6.07) is 14.7. The van der Waals surface area contributed by atoms with E-state index in [0.717, 1.165) is 17.5 Å². The van der Waals surface area contributed by atoms with Crippen LogP contribution in [0.15, 0.2) is 48.5 Å². The highest BCUT2D eigenvalue weighted by molar-refractivity contribution is 6.01. The number of carbonyl (C=O) groups is 2. The zero-order chi connectivity index (χ0) is 16.7. The number of aliphatic hydroxyl groups is 1. The highest BCUT2D eigenvalue weighted by atomic mass is 16.3. The van der Waals surface area contributed by atoms with Crippen molar-refractivity contribution in [3.05, 3.63) is 59.7 Å². The van der Waals surface area contributed by atoms with Crippen LogP contribution >= 0.6 is 0 Å². The Hall–Kier alpha value is -2.46. The van der Waals surface area contributed by atoms with Crippen LogP contribution in [0.25, 0.3) is 11.1 Å². The zero-order valence-electron chi connectivity index (χ0n) is 13.2. The van der Waals surface area contributed by atoms with Crippen LogP contribution in [0, 0.1) is 0 Å². The van der Waals surface area contributed by atoms with Crippen molar-refractivity contribution in [3.63, 3.8) is 0 Å². The van der Waals surface area contributed by atoms with Gasteiger partial charge in [-0.15, -0.1) is 0 Å². The lowest BCUT2D eigenvalue weighted by molar-refractivity contribution is 0.0951. The molecular weight excluding hydrogens is 290 g/mol. The highest BCUT2D eigenvalue weighted by Gasteiger charge is 2.10. The average Bonchev–Trinajstić information content (AvgIpc) is 2.58. The Kier molecular flexibility index (Phi) is 6.06. The molecule has 2 aromatic rings. The Morgan fingerprint density at radius 1 is 1.00 bits per heavy atom. The van der Waals surface area contributed by atoms with Gasteiger partial charge >= 0.3 is 0 Å². The molecule has 0 saturated carbocycles. The first-order valence-corrected chi connectivity index (χ1v) is 7.73. The van der Waals surface area contributed by atoms with Gasteiger partial charge in [0.25, 0.3) is 5.91 Å². The van der Waals surface area contributed by atoms with Crippen LogP contribution in [0.2, 0.25) is 0 Å². The summed E-state index contributed by atoms with van der Waals surface area (Å²) in [5.41, 5.74) is 3.04. The molecule has 0 aliphatic carbocycles. The summed E-state index contributed by atoms with van der Waals surface area (Å²) in [6.45, 7) is 2.24. The number of rotatable bonds is 7. The molecule has 0 unspecified atom stereocenters. The largest absolute Gasteiger partial charge is 0.396 e. The van der Waals surface area contributed by atoms with E-state index in [1.807, 2.05) is 30.3 Å². The molecule has 0 heterocycles. The molecule has 0 aliphatic rings. The molecule has 0 aliphatic heterocycles. The maximum absolute atomic E-state index is 12.0. The van der Waals surface area contributed by atoms with E-state index in [2.05, 4.69) is 5.32 Å². The molecule has 0 spiro atoms. The number of unbranched alkanes of at least 4 members (excludes halogenated alkanes) is 1. The van der Waals surface area contributed by atoms with Crippen molar-refractivity contribution in [3.8, 4) is 11.1 Å². The van der Waals surface area contributed by atoms with Gasteiger partial charge < -0.3 is 10.4 Å². The topological polar surface area (TPSA) is 66.4 Å². The summed E-state index contributed by atoms with van der Waals surface area (Å²) >= 11 is 0. The minimum absolute atomic E-state index is 0.0197. The third-order valence-corrected chi connectivity index (χ3v) is 3.63. The van der Waals surface area contributed by atoms with Gasteiger partial charge in [0.2, 0.25) is 0 Å². The summed E-state index contributed by atoms with van der Waals surface area (Å²) in [5, 5.41) is 11.5. The smallest absolute Gasteiger partial charge is 0.251 e. The van der Waals surface area contributed by atoms with Gasteiger partial charge in [-0.05, 0) is 43.0 Å². The lowest BCUT2D eigenvalue weighted by Gasteiger charge is -2.09. The predicted molar refractivity (Wildman–Crippen MR) is 90.5 cm³/mol. The van der Waals surface area contributed by atoms with E-state index in [1.165, 1.54) is 0 Å². The molecule has 120 valence electrons. The standard InChI is InChI=1S/C19H21NO3/c1-14(22)17-6-2-3-7-18(17)15-8-10-16(11-9-15)19(23)20-12-4-5-13-21/h2-3,6-11,21H,4-5,12-13H2,1H3,(H,20,23). The van der Waals surface area contributed by atoms with E-state index in [4.69, 9.17) is 5.11 Å². The Labute approximate surface area is 136 Å². The highest BCUT2D eigenvalue weighted by Crippen LogP contribution is 2.24. The third kappa shape index (κ3) is 4.50. The van der Waals surface area contributed by atoms with Crippen LogP contribution in [-0.2, 0) is 0 Å². The van der Waals surface area contributed by atoms with Gasteiger partial charge in [0, 0.05) is 24.3 Å². The molecule has 4 heteroatoms. The number of benzene rings is 2. The minimum atomic E-state index is -0.130. The van der Waals surface area contributed by atoms with Gasteiger partial charge in [-0.3, -0.25) is 9.59 Å². The van der Waals surface area contributed by atoms with E-state index in [-0.39, 0.29) is 18.3 Å². The van der Waals surface area contributed by atoms with Crippen molar-refractivity contribution in [2.24, 2.45) is 0 Å². The van der Waals surface area contributed by atoms with Crippen LogP contribution < -0.4 is 5.32 Å². The normalized spacial score (nSPS) is 10.3. The van der Waals surface area contributed by atoms with Crippen LogP contribution in [0.1, 0.15) is 40.5 Å². The monoisotopic (exact) mass is 311 g/mol. The molecule has 0 atom stereocenters. The number of ketones is 1. The molecule has 23 heavy (non-hydrogen) atoms. The number of nitrogens with one attached hydrogen (secondary N) is 1. The molecule has 0 bridgehead atoms. The number of Topliss-reactive ketones (excluding diaryl/α,β-unsaturated/α-hetero) is 1. The first-order chi connectivity index (χ1) is 11.1. The summed E-state index contributed by atoms with van der Waals surface area (Å²) in [7, 11) is 0. The Morgan fingerprint density at radius 2 is 1.70 bits per heavy atom. The van der Waals surface area contributed by atoms with Crippen LogP contribution in [0.4, 0.5) is 0 Å². The van der Waals surface area contributed by atoms with E-state index >= 15 is 0 Å². The van der Waals surface area contributed by atoms with Crippen LogP contribution in [0.3, 0.4) is 0 Å². The van der Waals surface area contributed by atoms with Gasteiger partial charge in [-0.1, -0.05) is 36.4 Å². The maximum atomic E-state index is 12.0. The van der Waals surface area contributed by atoms with Gasteiger partial charge in [-0.25, -0.2) is 0 Å². The number of amides is 1. The first kappa shape index (κ1) is 16.9. The number of hydrogen-bond donors (Lipinski definition) is 2. The fourth-order valence-corrected chi connectivity index (χ4v) is 2.38. The van der Waals surface area contributed by atoms with Gasteiger partial charge in [-0.2, -0.15) is 0 Å². The van der Waals surface area contributed by atoms with Crippen molar-refractivity contribution in [2.45, 2.75) is 19.8 Å². The van der Waals surface area contributed by atoms with Crippen LogP contribution in [0.5, 0.6) is 0 Å². The molecular formula is C19H21NO3. The molecule has 2 rings (SSSR count). The average molecular weight is 311 g/mol. The SMILES string of the molecule is CC(=O)c1ccccc1-c1ccc(C(=O)NCCCCO)cc1. The maximum Gasteiger partial charge on any atom is 0.251 e. The lowest BCUT2D eigenvalue weighted by Crippen LogP contribution is -2.24. The van der Waals surface area contributed by atoms with Crippen molar-refractivity contribution in [1.29, 1.82) is 0 Å². The summed E-state index contributed by atoms with van der Waals surface area (Å²) in [4.78, 5) is 23.7. The lowest BCUT2D eigenvalue weighted by atomic mass is 9.97. The quantitative estimate of drug-likeness (QED) is 0.610. The zero-order valence-corrected chi connectivity index (χ0v) is 13.2. The molecule has 2 aromatic carbocycles. The second-order valence-electron chi connectivity index (χ2n) is 5.37. The molecule has 0 saturated heterocycles. The molecule has 2 N–H and O–H groups in total. The fourth-order valence-electron chi connectivity index (χ4n) is 2.38. The Morgan fingerprint density at radius 3 is 2.35 bits per heavy atom. The second-order valence-corrected chi connectivity index (χ2v) is 5.37. The van der Waals surface area contributed by atoms with Crippen molar-refractivity contribution in [2.75, 3.05) is 13.2 Å². The van der Waals surface area contributed by atoms with E-state index < -0.39 is 0 Å². The van der Waals surface area contributed by atoms with Crippen molar-refractivity contribution < 1.29 is 14.7 Å². The first-order valence-electron chi connectivity index (χ1n) is 7.73. The number of aliphatic hydroxyl groups excluding tert-OH is 1. The summed E-state index contributed by atoms with van der Waals surface area (Å²) in [6.07, 6.45) is 1.44. The third-order valence-electron chi connectivity index (χ3n) is 3.63. The Bertz CT molecular complexity index is 677. The predicted octanol–water partition coefficient (Wildman–Crippen LogP) is 3.06. The summed E-state index contributed by atoms with van der Waals surface area (Å²) in [5.74, 6) is -0.111. The van der Waals surface area contributed by atoms with Gasteiger partial charge in [0.05, 0.1) is 0 Å². The van der Waals surface area contributed by atoms with E-state index in [9.17, 15) is 9.59 Å². The Balaban J connectivity index is 2.11.